The van der Waals surface area contributed by atoms with E-state index < -0.39 is 0 Å². The minimum absolute atomic E-state index is 0.777. The van der Waals surface area contributed by atoms with Gasteiger partial charge in [0, 0.05) is 70.1 Å². The highest BCUT2D eigenvalue weighted by Crippen LogP contribution is 2.32. The van der Waals surface area contributed by atoms with Crippen molar-refractivity contribution in [3.05, 3.63) is 0 Å². The number of thioether (sulfide) groups is 2. The van der Waals surface area contributed by atoms with Crippen LogP contribution in [0.2, 0.25) is 0 Å². The quantitative estimate of drug-likeness (QED) is 0.124. The van der Waals surface area contributed by atoms with Gasteiger partial charge in [-0.15, -0.1) is 0 Å². The summed E-state index contributed by atoms with van der Waals surface area (Å²) in [5.74, 6) is 2.58. The van der Waals surface area contributed by atoms with E-state index in [-0.39, 0.29) is 0 Å². The van der Waals surface area contributed by atoms with Crippen LogP contribution in [0.3, 0.4) is 0 Å². The molecule has 0 aromatic carbocycles. The molecule has 8 heteroatoms. The molecule has 2 heterocycles. The van der Waals surface area contributed by atoms with Crippen molar-refractivity contribution in [1.29, 1.82) is 0 Å². The van der Waals surface area contributed by atoms with Crippen LogP contribution in [0, 0.1) is 0 Å². The van der Waals surface area contributed by atoms with Crippen LogP contribution in [0.15, 0.2) is 0 Å². The van der Waals surface area contributed by atoms with Gasteiger partial charge in [-0.3, -0.25) is 0 Å². The Hall–Kier alpha value is 1.24. The Morgan fingerprint density at radius 1 is 0.769 bits per heavy atom. The lowest BCUT2D eigenvalue weighted by Crippen LogP contribution is -2.26. The Morgan fingerprint density at radius 3 is 1.54 bits per heavy atom. The first kappa shape index (κ1) is 23.5. The van der Waals surface area contributed by atoms with Gasteiger partial charge in [-0.1, -0.05) is 26.7 Å². The largest absolute Gasteiger partial charge is 0.379 e. The van der Waals surface area contributed by atoms with E-state index >= 15 is 0 Å². The van der Waals surface area contributed by atoms with Gasteiger partial charge in [-0.2, -0.15) is 23.5 Å². The molecule has 2 rings (SSSR count). The highest BCUT2D eigenvalue weighted by molar-refractivity contribution is 8.74. The molecule has 4 nitrogen and oxygen atoms in total. The van der Waals surface area contributed by atoms with E-state index in [1.54, 1.807) is 0 Å². The fourth-order valence-corrected chi connectivity index (χ4v) is 5.43. The first-order chi connectivity index (χ1) is 12.8. The van der Waals surface area contributed by atoms with Crippen LogP contribution >= 0.6 is 45.5 Å². The van der Waals surface area contributed by atoms with Gasteiger partial charge in [-0.05, 0) is 12.8 Å². The predicted molar refractivity (Wildman–Crippen MR) is 122 cm³/mol. The van der Waals surface area contributed by atoms with Crippen molar-refractivity contribution < 1.29 is 9.47 Å². The summed E-state index contributed by atoms with van der Waals surface area (Å²) < 4.78 is 16.6. The molecule has 154 valence electrons. The monoisotopic (exact) mass is 440 g/mol. The second-order valence-corrected chi connectivity index (χ2v) is 11.7. The Bertz CT molecular complexity index is 315. The first-order valence-corrected chi connectivity index (χ1v) is 14.2. The van der Waals surface area contributed by atoms with E-state index in [1.807, 2.05) is 45.5 Å². The Balaban J connectivity index is 1.61. The average molecular weight is 441 g/mol. The van der Waals surface area contributed by atoms with Crippen LogP contribution in [-0.2, 0) is 9.47 Å². The van der Waals surface area contributed by atoms with Crippen LogP contribution in [-0.4, -0.2) is 83.2 Å². The molecule has 0 bridgehead atoms. The zero-order chi connectivity index (χ0) is 18.5. The molecule has 2 saturated heterocycles. The standard InChI is InChI=1S/C18H36N2O2S4/c1-3-5-7-19(9-11-21-13-17-15-23-17)25-26-20(8-6-4-2)10-12-22-14-18-16-24-18/h17-18H,3-16H2,1-2H3. The minimum Gasteiger partial charge on any atom is -0.379 e. The fourth-order valence-electron chi connectivity index (χ4n) is 2.23. The van der Waals surface area contributed by atoms with Gasteiger partial charge in [0.1, 0.15) is 0 Å². The van der Waals surface area contributed by atoms with Crippen LogP contribution in [0.1, 0.15) is 39.5 Å². The van der Waals surface area contributed by atoms with Crippen LogP contribution in [0.4, 0.5) is 0 Å². The summed E-state index contributed by atoms with van der Waals surface area (Å²) in [5, 5.41) is 1.55. The van der Waals surface area contributed by atoms with Crippen molar-refractivity contribution in [3.63, 3.8) is 0 Å². The van der Waals surface area contributed by atoms with Crippen molar-refractivity contribution >= 4 is 45.5 Å². The third-order valence-electron chi connectivity index (χ3n) is 4.15. The number of rotatable bonds is 19. The number of ether oxygens (including phenoxy) is 2. The van der Waals surface area contributed by atoms with Crippen molar-refractivity contribution in [2.45, 2.75) is 50.0 Å². The smallest absolute Gasteiger partial charge is 0.0603 e. The number of hydrogen-bond acceptors (Lipinski definition) is 8. The van der Waals surface area contributed by atoms with E-state index in [0.717, 1.165) is 63.1 Å². The van der Waals surface area contributed by atoms with Crippen LogP contribution < -0.4 is 0 Å². The van der Waals surface area contributed by atoms with E-state index in [9.17, 15) is 0 Å². The first-order valence-electron chi connectivity index (χ1n) is 10.0. The van der Waals surface area contributed by atoms with Gasteiger partial charge in [0.05, 0.1) is 26.4 Å². The molecule has 0 aromatic heterocycles. The lowest BCUT2D eigenvalue weighted by molar-refractivity contribution is 0.131. The van der Waals surface area contributed by atoms with Gasteiger partial charge in [-0.25, -0.2) is 8.61 Å². The third kappa shape index (κ3) is 12.6. The van der Waals surface area contributed by atoms with E-state index in [1.165, 1.54) is 37.2 Å². The maximum absolute atomic E-state index is 5.83. The predicted octanol–water partition coefficient (Wildman–Crippen LogP) is 4.67. The molecule has 26 heavy (non-hydrogen) atoms. The number of nitrogens with zero attached hydrogens (tertiary/aromatic N) is 2. The van der Waals surface area contributed by atoms with Crippen LogP contribution in [0.5, 0.6) is 0 Å². The number of unbranched alkanes of at least 4 members (excludes halogenated alkanes) is 2. The van der Waals surface area contributed by atoms with E-state index in [0.29, 0.717) is 0 Å². The molecule has 0 amide bonds. The molecule has 2 aliphatic heterocycles. The molecule has 0 aromatic rings. The average Bonchev–Trinajstić information content (AvgIpc) is 3.55. The highest BCUT2D eigenvalue weighted by atomic mass is 33.1. The van der Waals surface area contributed by atoms with Gasteiger partial charge in [0.15, 0.2) is 0 Å². The minimum atomic E-state index is 0.777. The summed E-state index contributed by atoms with van der Waals surface area (Å²) in [4.78, 5) is 0. The summed E-state index contributed by atoms with van der Waals surface area (Å²) in [6.45, 7) is 12.4. The Labute approximate surface area is 177 Å². The molecule has 0 radical (unpaired) electrons. The van der Waals surface area contributed by atoms with Gasteiger partial charge >= 0.3 is 0 Å². The van der Waals surface area contributed by atoms with E-state index in [4.69, 9.17) is 9.47 Å². The summed E-state index contributed by atoms with van der Waals surface area (Å²) >= 11 is 4.02. The fraction of sp³-hybridized carbons (Fsp3) is 1.00. The maximum Gasteiger partial charge on any atom is 0.0603 e. The lowest BCUT2D eigenvalue weighted by Gasteiger charge is -2.25. The molecule has 2 atom stereocenters. The second kappa shape index (κ2) is 15.1. The molecule has 2 unspecified atom stereocenters. The van der Waals surface area contributed by atoms with E-state index in [2.05, 4.69) is 22.5 Å². The topological polar surface area (TPSA) is 24.9 Å². The lowest BCUT2D eigenvalue weighted by atomic mass is 10.3. The molecule has 2 fully saturated rings. The van der Waals surface area contributed by atoms with Crippen molar-refractivity contribution in [2.75, 3.05) is 64.1 Å². The zero-order valence-electron chi connectivity index (χ0n) is 16.4. The highest BCUT2D eigenvalue weighted by Gasteiger charge is 2.23. The van der Waals surface area contributed by atoms with Gasteiger partial charge in [0.25, 0.3) is 0 Å². The molecular formula is C18H36N2O2S4. The molecule has 0 saturated carbocycles. The SMILES string of the molecule is CCCCN(CCOCC1CS1)SSN(CCCC)CCOCC1CS1. The second-order valence-electron chi connectivity index (χ2n) is 6.77. The number of hydrogen-bond donors (Lipinski definition) is 0. The molecule has 0 N–H and O–H groups in total. The normalized spacial score (nSPS) is 21.7. The van der Waals surface area contributed by atoms with Crippen molar-refractivity contribution in [1.82, 2.24) is 8.61 Å². The third-order valence-corrected chi connectivity index (χ3v) is 8.71. The van der Waals surface area contributed by atoms with Crippen molar-refractivity contribution in [2.24, 2.45) is 0 Å². The molecular weight excluding hydrogens is 404 g/mol. The molecule has 0 aliphatic carbocycles. The molecule has 2 aliphatic rings. The van der Waals surface area contributed by atoms with Crippen molar-refractivity contribution in [3.8, 4) is 0 Å². The molecule has 0 spiro atoms. The Kier molecular flexibility index (Phi) is 13.7. The summed E-state index contributed by atoms with van der Waals surface area (Å²) in [6.07, 6.45) is 4.99. The van der Waals surface area contributed by atoms with Gasteiger partial charge < -0.3 is 9.47 Å². The van der Waals surface area contributed by atoms with Gasteiger partial charge in [0.2, 0.25) is 0 Å². The summed E-state index contributed by atoms with van der Waals surface area (Å²) in [5.41, 5.74) is 0. The summed E-state index contributed by atoms with van der Waals surface area (Å²) in [6, 6.07) is 0. The maximum atomic E-state index is 5.83. The summed E-state index contributed by atoms with van der Waals surface area (Å²) in [7, 11) is 3.80. The Morgan fingerprint density at radius 2 is 1.19 bits per heavy atom. The van der Waals surface area contributed by atoms with Crippen LogP contribution in [0.25, 0.3) is 0 Å². The zero-order valence-corrected chi connectivity index (χ0v) is 19.7.